The molecular formula is C10H15NOS. The Kier molecular flexibility index (Phi) is 4.12. The van der Waals surface area contributed by atoms with Crippen LogP contribution >= 0.6 is 11.3 Å². The van der Waals surface area contributed by atoms with Crippen LogP contribution in [0.3, 0.4) is 0 Å². The molecule has 1 N–H and O–H groups in total. The van der Waals surface area contributed by atoms with Gasteiger partial charge in [0.05, 0.1) is 11.4 Å². The number of thiophene rings is 1. The fourth-order valence-corrected chi connectivity index (χ4v) is 2.20. The van der Waals surface area contributed by atoms with E-state index in [1.165, 1.54) is 4.88 Å². The van der Waals surface area contributed by atoms with Gasteiger partial charge in [0.25, 0.3) is 0 Å². The molecule has 0 aliphatic heterocycles. The van der Waals surface area contributed by atoms with Gasteiger partial charge in [-0.25, -0.2) is 0 Å². The molecule has 1 heterocycles. The number of likely N-dealkylation sites (N-methyl/N-ethyl adjacent to an activating group) is 1. The van der Waals surface area contributed by atoms with Crippen molar-refractivity contribution in [2.24, 2.45) is 0 Å². The van der Waals surface area contributed by atoms with Crippen molar-refractivity contribution in [1.82, 2.24) is 5.32 Å². The summed E-state index contributed by atoms with van der Waals surface area (Å²) >= 11 is 1.62. The quantitative estimate of drug-likeness (QED) is 0.732. The summed E-state index contributed by atoms with van der Waals surface area (Å²) in [6.45, 7) is 2.58. The van der Waals surface area contributed by atoms with Crippen molar-refractivity contribution in [3.8, 4) is 0 Å². The smallest absolute Gasteiger partial charge is 0.186 e. The van der Waals surface area contributed by atoms with E-state index in [1.54, 1.807) is 18.4 Å². The monoisotopic (exact) mass is 197 g/mol. The summed E-state index contributed by atoms with van der Waals surface area (Å²) in [5, 5.41) is 2.86. The minimum absolute atomic E-state index is 0.190. The van der Waals surface area contributed by atoms with Gasteiger partial charge < -0.3 is 5.32 Å². The molecule has 0 aliphatic rings. The van der Waals surface area contributed by atoms with Gasteiger partial charge in [-0.05, 0) is 25.6 Å². The zero-order valence-electron chi connectivity index (χ0n) is 8.09. The molecule has 0 bridgehead atoms. The molecule has 1 aromatic heterocycles. The van der Waals surface area contributed by atoms with Crippen LogP contribution in [-0.2, 0) is 6.42 Å². The maximum atomic E-state index is 11.4. The van der Waals surface area contributed by atoms with E-state index in [1.807, 2.05) is 6.07 Å². The molecule has 13 heavy (non-hydrogen) atoms. The Bertz CT molecular complexity index is 280. The van der Waals surface area contributed by atoms with Crippen LogP contribution in [0.1, 0.15) is 27.9 Å². The second-order valence-electron chi connectivity index (χ2n) is 2.97. The first-order chi connectivity index (χ1) is 6.27. The second kappa shape index (κ2) is 5.14. The van der Waals surface area contributed by atoms with E-state index < -0.39 is 0 Å². The van der Waals surface area contributed by atoms with Gasteiger partial charge in [0.15, 0.2) is 5.78 Å². The molecule has 72 valence electrons. The number of nitrogens with one attached hydrogen (secondary N) is 1. The van der Waals surface area contributed by atoms with E-state index in [4.69, 9.17) is 0 Å². The SMILES string of the molecule is CCCc1ccc(C(=O)CNC)s1. The highest BCUT2D eigenvalue weighted by molar-refractivity contribution is 7.14. The fraction of sp³-hybridized carbons (Fsp3) is 0.500. The summed E-state index contributed by atoms with van der Waals surface area (Å²) in [6.07, 6.45) is 2.22. The summed E-state index contributed by atoms with van der Waals surface area (Å²) < 4.78 is 0. The van der Waals surface area contributed by atoms with E-state index >= 15 is 0 Å². The Hall–Kier alpha value is -0.670. The van der Waals surface area contributed by atoms with Crippen molar-refractivity contribution in [3.63, 3.8) is 0 Å². The molecule has 0 radical (unpaired) electrons. The molecule has 0 unspecified atom stereocenters. The number of hydrogen-bond donors (Lipinski definition) is 1. The number of hydrogen-bond acceptors (Lipinski definition) is 3. The molecule has 2 nitrogen and oxygen atoms in total. The number of ketones is 1. The normalized spacial score (nSPS) is 10.3. The number of Topliss-reactive ketones (excluding diaryl/α,β-unsaturated/α-hetero) is 1. The number of carbonyl (C=O) groups excluding carboxylic acids is 1. The molecule has 3 heteroatoms. The molecule has 1 rings (SSSR count). The van der Waals surface area contributed by atoms with E-state index in [0.29, 0.717) is 6.54 Å². The number of aryl methyl sites for hydroxylation is 1. The van der Waals surface area contributed by atoms with Gasteiger partial charge in [0.1, 0.15) is 0 Å². The van der Waals surface area contributed by atoms with Crippen molar-refractivity contribution in [3.05, 3.63) is 21.9 Å². The maximum absolute atomic E-state index is 11.4. The third-order valence-electron chi connectivity index (χ3n) is 1.77. The van der Waals surface area contributed by atoms with Crippen molar-refractivity contribution in [1.29, 1.82) is 0 Å². The first-order valence-corrected chi connectivity index (χ1v) is 5.36. The van der Waals surface area contributed by atoms with Crippen molar-refractivity contribution in [2.75, 3.05) is 13.6 Å². The van der Waals surface area contributed by atoms with Crippen LogP contribution in [0.15, 0.2) is 12.1 Å². The van der Waals surface area contributed by atoms with Gasteiger partial charge in [0, 0.05) is 4.88 Å². The van der Waals surface area contributed by atoms with E-state index in [0.717, 1.165) is 17.7 Å². The van der Waals surface area contributed by atoms with Crippen molar-refractivity contribution < 1.29 is 4.79 Å². The molecule has 0 atom stereocenters. The molecular weight excluding hydrogens is 182 g/mol. The molecule has 1 aromatic rings. The lowest BCUT2D eigenvalue weighted by molar-refractivity contribution is 0.0997. The van der Waals surface area contributed by atoms with Crippen LogP contribution in [0.25, 0.3) is 0 Å². The van der Waals surface area contributed by atoms with E-state index in [9.17, 15) is 4.79 Å². The van der Waals surface area contributed by atoms with Gasteiger partial charge in [-0.15, -0.1) is 11.3 Å². The molecule has 0 aliphatic carbocycles. The summed E-state index contributed by atoms with van der Waals surface area (Å²) in [5.41, 5.74) is 0. The minimum Gasteiger partial charge on any atom is -0.313 e. The Morgan fingerprint density at radius 2 is 2.31 bits per heavy atom. The van der Waals surface area contributed by atoms with Crippen LogP contribution in [0, 0.1) is 0 Å². The van der Waals surface area contributed by atoms with Crippen molar-refractivity contribution >= 4 is 17.1 Å². The molecule has 0 saturated carbocycles. The first kappa shape index (κ1) is 10.4. The lowest BCUT2D eigenvalue weighted by Crippen LogP contribution is -2.17. The Balaban J connectivity index is 2.62. The standard InChI is InChI=1S/C10H15NOS/c1-3-4-8-5-6-10(13-8)9(12)7-11-2/h5-6,11H,3-4,7H2,1-2H3. The highest BCUT2D eigenvalue weighted by Crippen LogP contribution is 2.18. The average molecular weight is 197 g/mol. The summed E-state index contributed by atoms with van der Waals surface area (Å²) in [4.78, 5) is 13.6. The third kappa shape index (κ3) is 2.94. The predicted molar refractivity (Wildman–Crippen MR) is 56.6 cm³/mol. The average Bonchev–Trinajstić information content (AvgIpc) is 2.54. The van der Waals surface area contributed by atoms with E-state index in [-0.39, 0.29) is 5.78 Å². The van der Waals surface area contributed by atoms with Crippen LogP contribution in [0.2, 0.25) is 0 Å². The van der Waals surface area contributed by atoms with Gasteiger partial charge in [-0.3, -0.25) is 4.79 Å². The fourth-order valence-electron chi connectivity index (χ4n) is 1.16. The van der Waals surface area contributed by atoms with Gasteiger partial charge in [0.2, 0.25) is 0 Å². The van der Waals surface area contributed by atoms with Crippen LogP contribution in [0.4, 0.5) is 0 Å². The molecule has 0 saturated heterocycles. The van der Waals surface area contributed by atoms with E-state index in [2.05, 4.69) is 18.3 Å². The molecule has 0 fully saturated rings. The van der Waals surface area contributed by atoms with Crippen LogP contribution in [-0.4, -0.2) is 19.4 Å². The van der Waals surface area contributed by atoms with Crippen molar-refractivity contribution in [2.45, 2.75) is 19.8 Å². The largest absolute Gasteiger partial charge is 0.313 e. The second-order valence-corrected chi connectivity index (χ2v) is 4.14. The predicted octanol–water partition coefficient (Wildman–Crippen LogP) is 2.10. The maximum Gasteiger partial charge on any atom is 0.186 e. The van der Waals surface area contributed by atoms with Gasteiger partial charge >= 0.3 is 0 Å². The Morgan fingerprint density at radius 1 is 1.54 bits per heavy atom. The lowest BCUT2D eigenvalue weighted by atomic mass is 10.3. The highest BCUT2D eigenvalue weighted by atomic mass is 32.1. The van der Waals surface area contributed by atoms with Gasteiger partial charge in [-0.1, -0.05) is 13.3 Å². The first-order valence-electron chi connectivity index (χ1n) is 4.54. The summed E-state index contributed by atoms with van der Waals surface area (Å²) in [6, 6.07) is 3.98. The van der Waals surface area contributed by atoms with Gasteiger partial charge in [-0.2, -0.15) is 0 Å². The number of rotatable bonds is 5. The molecule has 0 amide bonds. The Morgan fingerprint density at radius 3 is 2.92 bits per heavy atom. The van der Waals surface area contributed by atoms with Crippen LogP contribution < -0.4 is 5.32 Å². The Labute approximate surface area is 83.0 Å². The topological polar surface area (TPSA) is 29.1 Å². The summed E-state index contributed by atoms with van der Waals surface area (Å²) in [5.74, 6) is 0.190. The highest BCUT2D eigenvalue weighted by Gasteiger charge is 2.07. The lowest BCUT2D eigenvalue weighted by Gasteiger charge is -1.94. The van der Waals surface area contributed by atoms with Crippen LogP contribution in [0.5, 0.6) is 0 Å². The third-order valence-corrected chi connectivity index (χ3v) is 2.96. The number of carbonyl (C=O) groups is 1. The molecule has 0 aromatic carbocycles. The molecule has 0 spiro atoms. The minimum atomic E-state index is 0.190. The summed E-state index contributed by atoms with van der Waals surface area (Å²) in [7, 11) is 1.79. The zero-order chi connectivity index (χ0) is 9.68. The zero-order valence-corrected chi connectivity index (χ0v) is 8.91.